The van der Waals surface area contributed by atoms with Crippen LogP contribution >= 0.6 is 0 Å². The summed E-state index contributed by atoms with van der Waals surface area (Å²) in [6.45, 7) is 3.94. The van der Waals surface area contributed by atoms with Gasteiger partial charge in [0.2, 0.25) is 0 Å². The van der Waals surface area contributed by atoms with Crippen LogP contribution in [-0.2, 0) is 4.79 Å². The van der Waals surface area contributed by atoms with E-state index in [0.29, 0.717) is 5.75 Å². The maximum Gasteiger partial charge on any atom is 0.279 e. The lowest BCUT2D eigenvalue weighted by Gasteiger charge is -2.22. The number of hydrazine groups is 1. The third-order valence-corrected chi connectivity index (χ3v) is 2.57. The minimum atomic E-state index is -0.0746. The van der Waals surface area contributed by atoms with Gasteiger partial charge in [-0.05, 0) is 32.1 Å². The molecule has 1 unspecified atom stereocenters. The summed E-state index contributed by atoms with van der Waals surface area (Å²) < 4.78 is 5.41. The Morgan fingerprint density at radius 2 is 2.12 bits per heavy atom. The Morgan fingerprint density at radius 3 is 2.71 bits per heavy atom. The van der Waals surface area contributed by atoms with Crippen molar-refractivity contribution in [1.82, 2.24) is 10.4 Å². The monoisotopic (exact) mass is 232 g/mol. The van der Waals surface area contributed by atoms with E-state index in [1.54, 1.807) is 5.01 Å². The molecule has 0 saturated heterocycles. The van der Waals surface area contributed by atoms with Crippen LogP contribution in [-0.4, -0.2) is 23.6 Å². The number of allylic oxidation sites excluding steroid dienone is 1. The van der Waals surface area contributed by atoms with Crippen molar-refractivity contribution in [3.63, 3.8) is 0 Å². The second kappa shape index (κ2) is 4.91. The van der Waals surface area contributed by atoms with Crippen LogP contribution in [0, 0.1) is 0 Å². The Morgan fingerprint density at radius 1 is 1.41 bits per heavy atom. The van der Waals surface area contributed by atoms with E-state index in [1.807, 2.05) is 50.3 Å². The standard InChI is InChI=1S/C13H16N2O2/c1-10-8-11(2)15(14-10)13(16)9-17-12-6-4-3-5-7-12/h3-8,11,14H,9H2,1-2H3. The smallest absolute Gasteiger partial charge is 0.279 e. The van der Waals surface area contributed by atoms with Gasteiger partial charge < -0.3 is 10.2 Å². The maximum atomic E-state index is 11.9. The van der Waals surface area contributed by atoms with Gasteiger partial charge in [-0.2, -0.15) is 0 Å². The van der Waals surface area contributed by atoms with Crippen LogP contribution in [0.25, 0.3) is 0 Å². The van der Waals surface area contributed by atoms with Gasteiger partial charge in [-0.25, -0.2) is 5.01 Å². The zero-order valence-electron chi connectivity index (χ0n) is 10.0. The summed E-state index contributed by atoms with van der Waals surface area (Å²) in [5, 5.41) is 1.58. The number of rotatable bonds is 3. The van der Waals surface area contributed by atoms with Gasteiger partial charge in [-0.1, -0.05) is 18.2 Å². The molecule has 1 aromatic carbocycles. The number of nitrogens with zero attached hydrogens (tertiary/aromatic N) is 1. The van der Waals surface area contributed by atoms with Crippen LogP contribution in [0.15, 0.2) is 42.1 Å². The average molecular weight is 232 g/mol. The molecule has 0 bridgehead atoms. The number of carbonyl (C=O) groups excluding carboxylic acids is 1. The van der Waals surface area contributed by atoms with Crippen LogP contribution in [0.1, 0.15) is 13.8 Å². The number of benzene rings is 1. The third-order valence-electron chi connectivity index (χ3n) is 2.57. The summed E-state index contributed by atoms with van der Waals surface area (Å²) >= 11 is 0. The maximum absolute atomic E-state index is 11.9. The number of ether oxygens (including phenoxy) is 1. The average Bonchev–Trinajstić information content (AvgIpc) is 2.67. The largest absolute Gasteiger partial charge is 0.484 e. The number of para-hydroxylation sites is 1. The van der Waals surface area contributed by atoms with E-state index in [-0.39, 0.29) is 18.6 Å². The molecule has 0 spiro atoms. The number of hydrogen-bond acceptors (Lipinski definition) is 3. The van der Waals surface area contributed by atoms with Crippen molar-refractivity contribution in [2.75, 3.05) is 6.61 Å². The van der Waals surface area contributed by atoms with E-state index >= 15 is 0 Å². The summed E-state index contributed by atoms with van der Waals surface area (Å²) in [4.78, 5) is 11.9. The molecular formula is C13H16N2O2. The van der Waals surface area contributed by atoms with Gasteiger partial charge in [0.1, 0.15) is 5.75 Å². The summed E-state index contributed by atoms with van der Waals surface area (Å²) in [7, 11) is 0. The molecular weight excluding hydrogens is 216 g/mol. The molecule has 1 atom stereocenters. The van der Waals surface area contributed by atoms with Gasteiger partial charge in [-0.3, -0.25) is 4.79 Å². The lowest BCUT2D eigenvalue weighted by molar-refractivity contribution is -0.136. The Hall–Kier alpha value is -1.97. The Bertz CT molecular complexity index is 428. The van der Waals surface area contributed by atoms with Crippen molar-refractivity contribution in [2.24, 2.45) is 0 Å². The zero-order valence-corrected chi connectivity index (χ0v) is 10.0. The molecule has 0 radical (unpaired) electrons. The van der Waals surface area contributed by atoms with Gasteiger partial charge in [-0.15, -0.1) is 0 Å². The lowest BCUT2D eigenvalue weighted by atomic mass is 10.3. The highest BCUT2D eigenvalue weighted by atomic mass is 16.5. The fourth-order valence-electron chi connectivity index (χ4n) is 1.79. The van der Waals surface area contributed by atoms with Crippen LogP contribution in [0.4, 0.5) is 0 Å². The van der Waals surface area contributed by atoms with E-state index in [0.717, 1.165) is 5.70 Å². The number of nitrogens with one attached hydrogen (secondary N) is 1. The Kier molecular flexibility index (Phi) is 3.32. The van der Waals surface area contributed by atoms with Crippen molar-refractivity contribution in [2.45, 2.75) is 19.9 Å². The minimum absolute atomic E-state index is 0.0441. The number of hydrogen-bond donors (Lipinski definition) is 1. The highest BCUT2D eigenvalue weighted by Crippen LogP contribution is 2.12. The first-order valence-corrected chi connectivity index (χ1v) is 5.62. The van der Waals surface area contributed by atoms with Crippen molar-refractivity contribution < 1.29 is 9.53 Å². The van der Waals surface area contributed by atoms with Gasteiger partial charge in [0.15, 0.2) is 6.61 Å². The summed E-state index contributed by atoms with van der Waals surface area (Å²) in [5.74, 6) is 0.631. The van der Waals surface area contributed by atoms with Gasteiger partial charge >= 0.3 is 0 Å². The predicted molar refractivity (Wildman–Crippen MR) is 65.1 cm³/mol. The highest BCUT2D eigenvalue weighted by Gasteiger charge is 2.23. The molecule has 17 heavy (non-hydrogen) atoms. The summed E-state index contributed by atoms with van der Waals surface area (Å²) in [5.41, 5.74) is 4.00. The SMILES string of the molecule is CC1=CC(C)N(C(=O)COc2ccccc2)N1. The van der Waals surface area contributed by atoms with Gasteiger partial charge in [0, 0.05) is 5.70 Å². The molecule has 0 aromatic heterocycles. The van der Waals surface area contributed by atoms with Crippen molar-refractivity contribution in [3.05, 3.63) is 42.1 Å². The molecule has 0 saturated carbocycles. The first kappa shape index (κ1) is 11.5. The van der Waals surface area contributed by atoms with Crippen LogP contribution in [0.3, 0.4) is 0 Å². The molecule has 0 aliphatic carbocycles. The first-order chi connectivity index (χ1) is 8.16. The summed E-state index contributed by atoms with van der Waals surface area (Å²) in [6, 6.07) is 9.40. The third kappa shape index (κ3) is 2.78. The van der Waals surface area contributed by atoms with Gasteiger partial charge in [0.25, 0.3) is 5.91 Å². The Labute approximate surface area is 101 Å². The fourth-order valence-corrected chi connectivity index (χ4v) is 1.79. The second-order valence-corrected chi connectivity index (χ2v) is 4.07. The highest BCUT2D eigenvalue weighted by molar-refractivity contribution is 5.78. The number of carbonyl (C=O) groups is 1. The zero-order chi connectivity index (χ0) is 12.3. The van der Waals surface area contributed by atoms with Crippen LogP contribution < -0.4 is 10.2 Å². The molecule has 0 fully saturated rings. The molecule has 1 aliphatic rings. The van der Waals surface area contributed by atoms with Crippen molar-refractivity contribution >= 4 is 5.91 Å². The van der Waals surface area contributed by atoms with E-state index in [2.05, 4.69) is 5.43 Å². The minimum Gasteiger partial charge on any atom is -0.484 e. The molecule has 2 rings (SSSR count). The number of amides is 1. The lowest BCUT2D eigenvalue weighted by Crippen LogP contribution is -2.44. The summed E-state index contributed by atoms with van der Waals surface area (Å²) in [6.07, 6.45) is 2.00. The van der Waals surface area contributed by atoms with Crippen molar-refractivity contribution in [1.29, 1.82) is 0 Å². The molecule has 4 nitrogen and oxygen atoms in total. The molecule has 4 heteroatoms. The molecule has 90 valence electrons. The van der Waals surface area contributed by atoms with E-state index in [1.165, 1.54) is 0 Å². The van der Waals surface area contributed by atoms with Crippen LogP contribution in [0.5, 0.6) is 5.75 Å². The van der Waals surface area contributed by atoms with E-state index < -0.39 is 0 Å². The molecule has 1 aliphatic heterocycles. The van der Waals surface area contributed by atoms with E-state index in [4.69, 9.17) is 4.74 Å². The topological polar surface area (TPSA) is 41.6 Å². The fraction of sp³-hybridized carbons (Fsp3) is 0.308. The Balaban J connectivity index is 1.87. The van der Waals surface area contributed by atoms with Crippen molar-refractivity contribution in [3.8, 4) is 5.75 Å². The van der Waals surface area contributed by atoms with Gasteiger partial charge in [0.05, 0.1) is 6.04 Å². The van der Waals surface area contributed by atoms with Crippen LogP contribution in [0.2, 0.25) is 0 Å². The second-order valence-electron chi connectivity index (χ2n) is 4.07. The quantitative estimate of drug-likeness (QED) is 0.862. The first-order valence-electron chi connectivity index (χ1n) is 5.62. The molecule has 1 aromatic rings. The molecule has 1 amide bonds. The van der Waals surface area contributed by atoms with E-state index in [9.17, 15) is 4.79 Å². The predicted octanol–water partition coefficient (Wildman–Crippen LogP) is 1.70. The molecule has 1 heterocycles. The normalized spacial score (nSPS) is 18.6. The molecule has 1 N–H and O–H groups in total.